The standard InChI is InChI=1S/C11H20/c1-8(2)3-9-4-10-6-11(5-9)7-10/h8-11H,3-7H2,1-2H3. The molecule has 0 aromatic carbocycles. The summed E-state index contributed by atoms with van der Waals surface area (Å²) in [5, 5.41) is 0. The highest BCUT2D eigenvalue weighted by Gasteiger charge is 2.37. The van der Waals surface area contributed by atoms with E-state index < -0.39 is 0 Å². The zero-order valence-corrected chi connectivity index (χ0v) is 7.84. The molecule has 11 heavy (non-hydrogen) atoms. The van der Waals surface area contributed by atoms with Crippen LogP contribution < -0.4 is 0 Å². The summed E-state index contributed by atoms with van der Waals surface area (Å²) in [7, 11) is 0. The van der Waals surface area contributed by atoms with Crippen molar-refractivity contribution in [3.63, 3.8) is 0 Å². The third-order valence-corrected chi connectivity index (χ3v) is 3.47. The van der Waals surface area contributed by atoms with Crippen LogP contribution in [0.5, 0.6) is 0 Å². The smallest absolute Gasteiger partial charge is 0.0406 e. The molecule has 0 heteroatoms. The van der Waals surface area contributed by atoms with Gasteiger partial charge in [0.05, 0.1) is 0 Å². The Morgan fingerprint density at radius 2 is 1.55 bits per heavy atom. The van der Waals surface area contributed by atoms with Gasteiger partial charge < -0.3 is 0 Å². The van der Waals surface area contributed by atoms with Gasteiger partial charge in [-0.1, -0.05) is 13.8 Å². The van der Waals surface area contributed by atoms with Crippen molar-refractivity contribution < 1.29 is 0 Å². The summed E-state index contributed by atoms with van der Waals surface area (Å²) in [6, 6.07) is 0. The first-order valence-corrected chi connectivity index (χ1v) is 5.24. The van der Waals surface area contributed by atoms with E-state index in [1.165, 1.54) is 6.42 Å². The average Bonchev–Trinajstić information content (AvgIpc) is 1.83. The molecule has 0 nitrogen and oxygen atoms in total. The van der Waals surface area contributed by atoms with Gasteiger partial charge in [0.2, 0.25) is 0 Å². The summed E-state index contributed by atoms with van der Waals surface area (Å²) in [5.74, 6) is 4.33. The Bertz CT molecular complexity index is 118. The Hall–Kier alpha value is 0. The van der Waals surface area contributed by atoms with Gasteiger partial charge in [0, 0.05) is 0 Å². The molecule has 64 valence electrons. The summed E-state index contributed by atoms with van der Waals surface area (Å²) in [6.45, 7) is 4.72. The molecule has 0 heterocycles. The SMILES string of the molecule is CC(C)CC1CC2CC(C1)C2. The van der Waals surface area contributed by atoms with E-state index in [-0.39, 0.29) is 0 Å². The van der Waals surface area contributed by atoms with Gasteiger partial charge in [-0.15, -0.1) is 0 Å². The second-order valence-corrected chi connectivity index (χ2v) is 5.17. The summed E-state index contributed by atoms with van der Waals surface area (Å²) < 4.78 is 0. The van der Waals surface area contributed by atoms with E-state index in [1.807, 2.05) is 0 Å². The van der Waals surface area contributed by atoms with E-state index >= 15 is 0 Å². The summed E-state index contributed by atoms with van der Waals surface area (Å²) in [4.78, 5) is 0. The molecule has 3 aliphatic carbocycles. The minimum atomic E-state index is 0.928. The first-order valence-electron chi connectivity index (χ1n) is 5.24. The molecule has 0 aromatic heterocycles. The maximum Gasteiger partial charge on any atom is -0.0406 e. The van der Waals surface area contributed by atoms with Crippen LogP contribution in [-0.2, 0) is 0 Å². The Morgan fingerprint density at radius 3 is 2.00 bits per heavy atom. The van der Waals surface area contributed by atoms with Crippen LogP contribution in [0, 0.1) is 23.7 Å². The van der Waals surface area contributed by atoms with E-state index in [9.17, 15) is 0 Å². The third-order valence-electron chi connectivity index (χ3n) is 3.47. The van der Waals surface area contributed by atoms with E-state index in [1.54, 1.807) is 25.7 Å². The third kappa shape index (κ3) is 1.60. The fourth-order valence-corrected chi connectivity index (χ4v) is 3.16. The van der Waals surface area contributed by atoms with E-state index in [2.05, 4.69) is 13.8 Å². The number of hydrogen-bond donors (Lipinski definition) is 0. The van der Waals surface area contributed by atoms with Crippen LogP contribution in [0.25, 0.3) is 0 Å². The number of fused-ring (bicyclic) bond motifs is 2. The molecule has 0 unspecified atom stereocenters. The lowest BCUT2D eigenvalue weighted by molar-refractivity contribution is 0.0581. The molecule has 0 radical (unpaired) electrons. The van der Waals surface area contributed by atoms with Gasteiger partial charge in [-0.05, 0) is 55.8 Å². The Labute approximate surface area is 70.4 Å². The van der Waals surface area contributed by atoms with E-state index in [0.29, 0.717) is 0 Å². The molecule has 0 atom stereocenters. The molecule has 0 spiro atoms. The van der Waals surface area contributed by atoms with Gasteiger partial charge in [-0.2, -0.15) is 0 Å². The van der Waals surface area contributed by atoms with Crippen LogP contribution in [0.2, 0.25) is 0 Å². The first-order chi connectivity index (χ1) is 5.24. The van der Waals surface area contributed by atoms with Crippen LogP contribution >= 0.6 is 0 Å². The molecule has 3 aliphatic rings. The van der Waals surface area contributed by atoms with E-state index in [0.717, 1.165) is 23.7 Å². The number of rotatable bonds is 2. The second-order valence-electron chi connectivity index (χ2n) is 5.17. The van der Waals surface area contributed by atoms with Crippen molar-refractivity contribution >= 4 is 0 Å². The summed E-state index contributed by atoms with van der Waals surface area (Å²) in [5.41, 5.74) is 0. The minimum absolute atomic E-state index is 0.928. The molecule has 3 saturated carbocycles. The summed E-state index contributed by atoms with van der Waals surface area (Å²) >= 11 is 0. The largest absolute Gasteiger partial charge is 0.0628 e. The second kappa shape index (κ2) is 2.80. The molecule has 0 aliphatic heterocycles. The lowest BCUT2D eigenvalue weighted by atomic mass is 9.60. The minimum Gasteiger partial charge on any atom is -0.0628 e. The van der Waals surface area contributed by atoms with Crippen LogP contribution in [-0.4, -0.2) is 0 Å². The fourth-order valence-electron chi connectivity index (χ4n) is 3.16. The van der Waals surface area contributed by atoms with Crippen LogP contribution in [0.15, 0.2) is 0 Å². The van der Waals surface area contributed by atoms with Gasteiger partial charge in [0.1, 0.15) is 0 Å². The lowest BCUT2D eigenvalue weighted by Crippen LogP contribution is -2.34. The van der Waals surface area contributed by atoms with Crippen molar-refractivity contribution in [3.8, 4) is 0 Å². The van der Waals surface area contributed by atoms with Gasteiger partial charge in [0.25, 0.3) is 0 Å². The normalized spacial score (nSPS) is 42.3. The quantitative estimate of drug-likeness (QED) is 0.568. The molecule has 0 saturated heterocycles. The first kappa shape index (κ1) is 7.64. The van der Waals surface area contributed by atoms with Crippen molar-refractivity contribution in [1.82, 2.24) is 0 Å². The van der Waals surface area contributed by atoms with Crippen molar-refractivity contribution in [2.24, 2.45) is 23.7 Å². The fraction of sp³-hybridized carbons (Fsp3) is 1.00. The van der Waals surface area contributed by atoms with Crippen LogP contribution in [0.3, 0.4) is 0 Å². The van der Waals surface area contributed by atoms with Crippen molar-refractivity contribution in [1.29, 1.82) is 0 Å². The maximum atomic E-state index is 2.36. The predicted molar refractivity (Wildman–Crippen MR) is 48.4 cm³/mol. The molecule has 3 fully saturated rings. The Balaban J connectivity index is 1.79. The van der Waals surface area contributed by atoms with Gasteiger partial charge in [-0.25, -0.2) is 0 Å². The van der Waals surface area contributed by atoms with Crippen LogP contribution in [0.1, 0.15) is 46.0 Å². The molecule has 0 aromatic rings. The molecule has 2 bridgehead atoms. The van der Waals surface area contributed by atoms with Gasteiger partial charge >= 0.3 is 0 Å². The Kier molecular flexibility index (Phi) is 1.95. The highest BCUT2D eigenvalue weighted by Crippen LogP contribution is 2.49. The molecule has 3 rings (SSSR count). The highest BCUT2D eigenvalue weighted by molar-refractivity contribution is 4.88. The zero-order chi connectivity index (χ0) is 7.84. The van der Waals surface area contributed by atoms with Gasteiger partial charge in [0.15, 0.2) is 0 Å². The Morgan fingerprint density at radius 1 is 1.00 bits per heavy atom. The van der Waals surface area contributed by atoms with E-state index in [4.69, 9.17) is 0 Å². The zero-order valence-electron chi connectivity index (χ0n) is 7.84. The van der Waals surface area contributed by atoms with Crippen molar-refractivity contribution in [2.45, 2.75) is 46.0 Å². The summed E-state index contributed by atoms with van der Waals surface area (Å²) in [6.07, 6.45) is 7.78. The highest BCUT2D eigenvalue weighted by atomic mass is 14.4. The lowest BCUT2D eigenvalue weighted by Gasteiger charge is -2.45. The molecule has 0 amide bonds. The maximum absolute atomic E-state index is 2.36. The van der Waals surface area contributed by atoms with Gasteiger partial charge in [-0.3, -0.25) is 0 Å². The van der Waals surface area contributed by atoms with Crippen LogP contribution in [0.4, 0.5) is 0 Å². The van der Waals surface area contributed by atoms with Crippen molar-refractivity contribution in [3.05, 3.63) is 0 Å². The topological polar surface area (TPSA) is 0 Å². The predicted octanol–water partition coefficient (Wildman–Crippen LogP) is 3.47. The molecule has 0 N–H and O–H groups in total. The van der Waals surface area contributed by atoms with Crippen molar-refractivity contribution in [2.75, 3.05) is 0 Å². The average molecular weight is 152 g/mol. The monoisotopic (exact) mass is 152 g/mol. The number of hydrogen-bond acceptors (Lipinski definition) is 0. The molecular formula is C11H20. The molecular weight excluding hydrogens is 132 g/mol.